The Labute approximate surface area is 148 Å². The largest absolute Gasteiger partial charge is 0.493 e. The van der Waals surface area contributed by atoms with E-state index in [0.29, 0.717) is 17.9 Å². The molecule has 0 aliphatic rings. The Kier molecular flexibility index (Phi) is 6.49. The third-order valence-electron chi connectivity index (χ3n) is 3.56. The van der Waals surface area contributed by atoms with E-state index in [9.17, 15) is 13.6 Å². The van der Waals surface area contributed by atoms with Crippen molar-refractivity contribution in [2.75, 3.05) is 6.61 Å². The first kappa shape index (κ1) is 19.3. The third-order valence-corrected chi connectivity index (χ3v) is 3.67. The second-order valence-corrected chi connectivity index (χ2v) is 6.33. The summed E-state index contributed by atoms with van der Waals surface area (Å²) in [5, 5.41) is 0. The number of carbonyl (C=O) groups is 1. The van der Waals surface area contributed by atoms with Crippen molar-refractivity contribution in [1.29, 1.82) is 0 Å². The van der Waals surface area contributed by atoms with Crippen molar-refractivity contribution in [3.05, 3.63) is 48.0 Å². The van der Waals surface area contributed by atoms with Gasteiger partial charge in [-0.15, -0.1) is 0 Å². The minimum absolute atomic E-state index is 0.0649. The van der Waals surface area contributed by atoms with Gasteiger partial charge in [-0.3, -0.25) is 4.79 Å². The van der Waals surface area contributed by atoms with Crippen LogP contribution < -0.4 is 9.47 Å². The molecule has 0 saturated heterocycles. The molecule has 1 unspecified atom stereocenters. The van der Waals surface area contributed by atoms with Crippen LogP contribution in [-0.2, 0) is 0 Å². The molecule has 0 aromatic heterocycles. The summed E-state index contributed by atoms with van der Waals surface area (Å²) in [5.74, 6) is -2.76. The maximum atomic E-state index is 12.8. The van der Waals surface area contributed by atoms with E-state index in [4.69, 9.17) is 4.74 Å². The number of hydrogen-bond donors (Lipinski definition) is 0. The zero-order chi connectivity index (χ0) is 18.4. The summed E-state index contributed by atoms with van der Waals surface area (Å²) in [7, 11) is 1.33. The van der Waals surface area contributed by atoms with Gasteiger partial charge in [0.2, 0.25) is 0 Å². The van der Waals surface area contributed by atoms with Crippen LogP contribution in [0.3, 0.4) is 0 Å². The fraction of sp³-hybridized carbons (Fsp3) is 0.316. The quantitative estimate of drug-likeness (QED) is 0.350. The average molecular weight is 366 g/mol. The van der Waals surface area contributed by atoms with Crippen molar-refractivity contribution in [3.8, 4) is 22.6 Å². The van der Waals surface area contributed by atoms with E-state index >= 15 is 0 Å². The Morgan fingerprint density at radius 3 is 2.32 bits per heavy atom. The molecular formula is C19H21F2O3P. The van der Waals surface area contributed by atoms with Gasteiger partial charge in [0.25, 0.3) is 0 Å². The van der Waals surface area contributed by atoms with Gasteiger partial charge in [-0.05, 0) is 58.0 Å². The van der Waals surface area contributed by atoms with E-state index in [0.717, 1.165) is 24.0 Å². The van der Waals surface area contributed by atoms with Gasteiger partial charge in [-0.1, -0.05) is 31.5 Å². The molecule has 0 spiro atoms. The average Bonchev–Trinajstić information content (AvgIpc) is 2.54. The second-order valence-electron chi connectivity index (χ2n) is 5.66. The van der Waals surface area contributed by atoms with Crippen LogP contribution in [0.1, 0.15) is 37.0 Å². The molecule has 0 radical (unpaired) electrons. The second kappa shape index (κ2) is 8.39. The molecule has 0 N–H and O–H groups in total. The number of halogens is 2. The molecule has 25 heavy (non-hydrogen) atoms. The topological polar surface area (TPSA) is 35.5 Å². The van der Waals surface area contributed by atoms with Crippen molar-refractivity contribution in [2.45, 2.75) is 32.5 Å². The van der Waals surface area contributed by atoms with Crippen LogP contribution >= 0.6 is 9.24 Å². The van der Waals surface area contributed by atoms with Crippen LogP contribution in [0.4, 0.5) is 8.78 Å². The van der Waals surface area contributed by atoms with Gasteiger partial charge in [-0.2, -0.15) is 8.78 Å². The lowest BCUT2D eigenvalue weighted by atomic mass is 10.0. The zero-order valence-electron chi connectivity index (χ0n) is 14.2. The molecule has 3 nitrogen and oxygen atoms in total. The van der Waals surface area contributed by atoms with Gasteiger partial charge in [-0.25, -0.2) is 0 Å². The van der Waals surface area contributed by atoms with Crippen molar-refractivity contribution in [1.82, 2.24) is 0 Å². The van der Waals surface area contributed by atoms with Crippen LogP contribution in [-0.4, -0.2) is 18.2 Å². The monoisotopic (exact) mass is 366 g/mol. The molecule has 2 aromatic carbocycles. The molecule has 0 aliphatic heterocycles. The molecule has 0 saturated carbocycles. The van der Waals surface area contributed by atoms with E-state index in [1.54, 1.807) is 24.3 Å². The molecule has 2 rings (SSSR count). The maximum absolute atomic E-state index is 12.8. The first-order valence-corrected chi connectivity index (χ1v) is 8.62. The number of carbonyl (C=O) groups excluding carboxylic acids is 1. The van der Waals surface area contributed by atoms with Crippen LogP contribution in [0.15, 0.2) is 42.5 Å². The Bertz CT molecular complexity index is 724. The number of benzene rings is 2. The zero-order valence-corrected chi connectivity index (χ0v) is 15.4. The highest BCUT2D eigenvalue weighted by molar-refractivity contribution is 7.17. The Hall–Kier alpha value is -2.00. The molecule has 0 amide bonds. The Morgan fingerprint density at radius 1 is 1.12 bits per heavy atom. The summed E-state index contributed by atoms with van der Waals surface area (Å²) in [5.41, 5.74) is 2.10. The normalized spacial score (nSPS) is 11.2. The lowest BCUT2D eigenvalue weighted by Crippen LogP contribution is -2.14. The van der Waals surface area contributed by atoms with Gasteiger partial charge in [0, 0.05) is 0 Å². The van der Waals surface area contributed by atoms with Gasteiger partial charge < -0.3 is 9.47 Å². The van der Waals surface area contributed by atoms with E-state index in [1.807, 2.05) is 6.07 Å². The number of ether oxygens (including phenoxy) is 2. The molecular weight excluding hydrogens is 345 g/mol. The molecule has 2 aromatic rings. The Balaban J connectivity index is 2.24. The smallest absolute Gasteiger partial charge is 0.408 e. The lowest BCUT2D eigenvalue weighted by Gasteiger charge is -2.14. The van der Waals surface area contributed by atoms with Crippen LogP contribution in [0.2, 0.25) is 0 Å². The number of ketones is 1. The molecule has 134 valence electrons. The van der Waals surface area contributed by atoms with Gasteiger partial charge in [0.05, 0.1) is 12.2 Å². The predicted octanol–water partition coefficient (Wildman–Crippen LogP) is 5.54. The van der Waals surface area contributed by atoms with E-state index in [1.165, 1.54) is 28.3 Å². The summed E-state index contributed by atoms with van der Waals surface area (Å²) < 4.78 is 35.8. The van der Waals surface area contributed by atoms with E-state index in [2.05, 4.69) is 11.7 Å². The third kappa shape index (κ3) is 5.79. The highest BCUT2D eigenvalue weighted by Crippen LogP contribution is 2.31. The summed E-state index contributed by atoms with van der Waals surface area (Å²) in [6.07, 6.45) is 1.93. The number of rotatable bonds is 8. The minimum Gasteiger partial charge on any atom is -0.493 e. The summed E-state index contributed by atoms with van der Waals surface area (Å²) in [6.45, 7) is 4.12. The van der Waals surface area contributed by atoms with Gasteiger partial charge >= 0.3 is 5.85 Å². The van der Waals surface area contributed by atoms with Crippen LogP contribution in [0.5, 0.6) is 11.5 Å². The highest BCUT2D eigenvalue weighted by Gasteiger charge is 2.23. The van der Waals surface area contributed by atoms with Crippen molar-refractivity contribution in [2.24, 2.45) is 0 Å². The maximum Gasteiger partial charge on any atom is 0.408 e. The number of unbranched alkanes of at least 4 members (excludes halogenated alkanes) is 1. The summed E-state index contributed by atoms with van der Waals surface area (Å²) in [6, 6.07) is 11.6. The van der Waals surface area contributed by atoms with Crippen LogP contribution in [0.25, 0.3) is 11.1 Å². The van der Waals surface area contributed by atoms with E-state index in [-0.39, 0.29) is 11.5 Å². The summed E-state index contributed by atoms with van der Waals surface area (Å²) >= 11 is 0. The number of alkyl halides is 2. The highest BCUT2D eigenvalue weighted by atomic mass is 31.0. The first-order chi connectivity index (χ1) is 11.8. The standard InChI is InChI=1S/C19H21F2O3P/c1-3-4-11-23-18-10-7-15(12-17(18)13(2)22)14-5-8-16(9-6-14)24-19(20,21)25/h5-10,12H,3-4,11,25H2,1-2H3. The first-order valence-electron chi connectivity index (χ1n) is 8.04. The molecule has 1 atom stereocenters. The van der Waals surface area contributed by atoms with Gasteiger partial charge in [0.15, 0.2) is 5.78 Å². The fourth-order valence-corrected chi connectivity index (χ4v) is 2.45. The molecule has 0 aliphatic carbocycles. The van der Waals surface area contributed by atoms with Gasteiger partial charge in [0.1, 0.15) is 11.5 Å². The molecule has 0 fully saturated rings. The van der Waals surface area contributed by atoms with Crippen molar-refractivity contribution in [3.63, 3.8) is 0 Å². The number of Topliss-reactive ketones (excluding diaryl/α,β-unsaturated/α-hetero) is 1. The minimum atomic E-state index is -3.30. The van der Waals surface area contributed by atoms with Crippen LogP contribution in [0, 0.1) is 0 Å². The lowest BCUT2D eigenvalue weighted by molar-refractivity contribution is -0.0892. The molecule has 0 bridgehead atoms. The molecule has 6 heteroatoms. The summed E-state index contributed by atoms with van der Waals surface area (Å²) in [4.78, 5) is 11.9. The predicted molar refractivity (Wildman–Crippen MR) is 97.6 cm³/mol. The van der Waals surface area contributed by atoms with Crippen molar-refractivity contribution < 1.29 is 23.0 Å². The fourth-order valence-electron chi connectivity index (χ4n) is 2.31. The van der Waals surface area contributed by atoms with Crippen molar-refractivity contribution >= 4 is 15.0 Å². The van der Waals surface area contributed by atoms with E-state index < -0.39 is 5.85 Å². The molecule has 0 heterocycles. The SMILES string of the molecule is CCCCOc1ccc(-c2ccc(OC(F)(F)P)cc2)cc1C(C)=O. The Morgan fingerprint density at radius 2 is 1.76 bits per heavy atom. The number of hydrogen-bond acceptors (Lipinski definition) is 3.